The number of nitrogens with one attached hydrogen (secondary N) is 1. The number of rotatable bonds is 0. The minimum atomic E-state index is -0.424. The van der Waals surface area contributed by atoms with Crippen LogP contribution in [0.25, 0.3) is 0 Å². The normalized spacial score (nSPS) is 15.1. The summed E-state index contributed by atoms with van der Waals surface area (Å²) in [6, 6.07) is 3.99. The average Bonchev–Trinajstić information content (AvgIpc) is 2.32. The first kappa shape index (κ1) is 7.91. The summed E-state index contributed by atoms with van der Waals surface area (Å²) in [7, 11) is 1.57. The van der Waals surface area contributed by atoms with Gasteiger partial charge in [0.1, 0.15) is 11.5 Å². The van der Waals surface area contributed by atoms with Crippen LogP contribution in [0.5, 0.6) is 0 Å². The molecule has 1 aliphatic heterocycles. The van der Waals surface area contributed by atoms with Crippen molar-refractivity contribution in [2.45, 2.75) is 0 Å². The second kappa shape index (κ2) is 2.39. The number of carbonyl (C=O) groups is 1. The lowest BCUT2D eigenvalue weighted by molar-refractivity contribution is -0.112. The third kappa shape index (κ3) is 0.950. The number of nitrogens with zero attached hydrogens (tertiary/aromatic N) is 1. The Kier molecular flexibility index (Phi) is 1.45. The predicted octanol–water partition coefficient (Wildman–Crippen LogP) is 1.17. The summed E-state index contributed by atoms with van der Waals surface area (Å²) < 4.78 is 12.8. The van der Waals surface area contributed by atoms with E-state index in [1.807, 2.05) is 0 Å². The van der Waals surface area contributed by atoms with Crippen LogP contribution in [0, 0.1) is 11.2 Å². The van der Waals surface area contributed by atoms with E-state index in [0.29, 0.717) is 11.3 Å². The summed E-state index contributed by atoms with van der Waals surface area (Å²) in [5.41, 5.74) is 0.820. The number of hydrogen-bond acceptors (Lipinski definition) is 2. The number of anilines is 1. The fourth-order valence-electron chi connectivity index (χ4n) is 1.39. The summed E-state index contributed by atoms with van der Waals surface area (Å²) in [5.74, 6) is -0.813. The largest absolute Gasteiger partial charge is 0.309 e. The average molecular weight is 178 g/mol. The summed E-state index contributed by atoms with van der Waals surface area (Å²) in [4.78, 5) is 12.6. The van der Waals surface area contributed by atoms with Crippen molar-refractivity contribution < 1.29 is 9.18 Å². The standard InChI is InChI=1S/C9H7FN2O/c1-12-7-3-2-5(10)4-6(7)8(11)9(12)13/h2-4,11H,1H3. The summed E-state index contributed by atoms with van der Waals surface area (Å²) in [6.45, 7) is 0. The van der Waals surface area contributed by atoms with Crippen molar-refractivity contribution in [2.75, 3.05) is 11.9 Å². The molecule has 0 aliphatic carbocycles. The molecule has 0 fully saturated rings. The molecule has 1 heterocycles. The monoisotopic (exact) mass is 178 g/mol. The van der Waals surface area contributed by atoms with Gasteiger partial charge in [-0.15, -0.1) is 0 Å². The molecule has 0 unspecified atom stereocenters. The first-order chi connectivity index (χ1) is 6.11. The second-order valence-corrected chi connectivity index (χ2v) is 2.90. The van der Waals surface area contributed by atoms with Gasteiger partial charge in [-0.3, -0.25) is 10.2 Å². The van der Waals surface area contributed by atoms with Gasteiger partial charge >= 0.3 is 0 Å². The summed E-state index contributed by atoms with van der Waals surface area (Å²) in [5, 5.41) is 7.41. The number of halogens is 1. The Labute approximate surface area is 74.3 Å². The van der Waals surface area contributed by atoms with Gasteiger partial charge in [-0.2, -0.15) is 0 Å². The maximum absolute atomic E-state index is 12.8. The molecule has 0 atom stereocenters. The Morgan fingerprint density at radius 3 is 2.85 bits per heavy atom. The molecule has 0 bridgehead atoms. The molecule has 2 rings (SSSR count). The Morgan fingerprint density at radius 2 is 2.15 bits per heavy atom. The Hall–Kier alpha value is -1.71. The van der Waals surface area contributed by atoms with E-state index in [0.717, 1.165) is 0 Å². The summed E-state index contributed by atoms with van der Waals surface area (Å²) in [6.07, 6.45) is 0. The number of amides is 1. The zero-order valence-electron chi connectivity index (χ0n) is 6.97. The summed E-state index contributed by atoms with van der Waals surface area (Å²) >= 11 is 0. The van der Waals surface area contributed by atoms with Crippen LogP contribution in [0.2, 0.25) is 0 Å². The molecule has 66 valence electrons. The number of fused-ring (bicyclic) bond motifs is 1. The van der Waals surface area contributed by atoms with Crippen LogP contribution in [0.4, 0.5) is 10.1 Å². The van der Waals surface area contributed by atoms with Gasteiger partial charge < -0.3 is 4.90 Å². The number of benzene rings is 1. The maximum atomic E-state index is 12.8. The van der Waals surface area contributed by atoms with Gasteiger partial charge in [-0.1, -0.05) is 0 Å². The molecule has 0 saturated heterocycles. The van der Waals surface area contributed by atoms with E-state index in [-0.39, 0.29) is 11.6 Å². The van der Waals surface area contributed by atoms with Crippen molar-refractivity contribution >= 4 is 17.3 Å². The van der Waals surface area contributed by atoms with E-state index in [4.69, 9.17) is 5.41 Å². The minimum Gasteiger partial charge on any atom is -0.309 e. The van der Waals surface area contributed by atoms with E-state index in [2.05, 4.69) is 0 Å². The minimum absolute atomic E-state index is 0.142. The molecule has 1 amide bonds. The molecule has 0 saturated carbocycles. The van der Waals surface area contributed by atoms with Gasteiger partial charge in [-0.25, -0.2) is 4.39 Å². The van der Waals surface area contributed by atoms with Crippen LogP contribution in [0.1, 0.15) is 5.56 Å². The first-order valence-electron chi connectivity index (χ1n) is 3.78. The van der Waals surface area contributed by atoms with E-state index in [9.17, 15) is 9.18 Å². The Bertz CT molecular complexity index is 414. The molecule has 1 aliphatic rings. The van der Waals surface area contributed by atoms with Gasteiger partial charge in [0.05, 0.1) is 5.69 Å². The Balaban J connectivity index is 2.67. The molecule has 1 aromatic rings. The van der Waals surface area contributed by atoms with Crippen molar-refractivity contribution in [3.05, 3.63) is 29.6 Å². The van der Waals surface area contributed by atoms with Crippen LogP contribution in [-0.2, 0) is 4.79 Å². The maximum Gasteiger partial charge on any atom is 0.276 e. The van der Waals surface area contributed by atoms with Crippen molar-refractivity contribution in [2.24, 2.45) is 0 Å². The topological polar surface area (TPSA) is 44.2 Å². The highest BCUT2D eigenvalue weighted by atomic mass is 19.1. The lowest BCUT2D eigenvalue weighted by Gasteiger charge is -2.07. The molecular weight excluding hydrogens is 171 g/mol. The molecule has 3 nitrogen and oxygen atoms in total. The smallest absolute Gasteiger partial charge is 0.276 e. The zero-order chi connectivity index (χ0) is 9.59. The highest BCUT2D eigenvalue weighted by Crippen LogP contribution is 2.27. The van der Waals surface area contributed by atoms with E-state index in [1.165, 1.54) is 23.1 Å². The molecule has 0 spiro atoms. The van der Waals surface area contributed by atoms with Crippen LogP contribution in [0.15, 0.2) is 18.2 Å². The molecule has 0 aromatic heterocycles. The highest BCUT2D eigenvalue weighted by Gasteiger charge is 2.29. The van der Waals surface area contributed by atoms with Crippen LogP contribution >= 0.6 is 0 Å². The van der Waals surface area contributed by atoms with Crippen molar-refractivity contribution in [1.29, 1.82) is 5.41 Å². The van der Waals surface area contributed by atoms with Gasteiger partial charge in [0, 0.05) is 12.6 Å². The second-order valence-electron chi connectivity index (χ2n) is 2.90. The van der Waals surface area contributed by atoms with Crippen molar-refractivity contribution in [3.63, 3.8) is 0 Å². The van der Waals surface area contributed by atoms with Gasteiger partial charge in [0.15, 0.2) is 0 Å². The first-order valence-corrected chi connectivity index (χ1v) is 3.78. The number of hydrogen-bond donors (Lipinski definition) is 1. The third-order valence-electron chi connectivity index (χ3n) is 2.11. The molecule has 0 radical (unpaired) electrons. The van der Waals surface area contributed by atoms with Gasteiger partial charge in [-0.05, 0) is 18.2 Å². The van der Waals surface area contributed by atoms with Crippen LogP contribution < -0.4 is 4.90 Å². The van der Waals surface area contributed by atoms with Gasteiger partial charge in [0.2, 0.25) is 0 Å². The zero-order valence-corrected chi connectivity index (χ0v) is 6.97. The van der Waals surface area contributed by atoms with E-state index >= 15 is 0 Å². The van der Waals surface area contributed by atoms with Crippen LogP contribution in [0.3, 0.4) is 0 Å². The van der Waals surface area contributed by atoms with E-state index in [1.54, 1.807) is 7.05 Å². The molecule has 1 aromatic carbocycles. The fraction of sp³-hybridized carbons (Fsp3) is 0.111. The van der Waals surface area contributed by atoms with Crippen molar-refractivity contribution in [1.82, 2.24) is 0 Å². The fourth-order valence-corrected chi connectivity index (χ4v) is 1.39. The van der Waals surface area contributed by atoms with Gasteiger partial charge in [0.25, 0.3) is 5.91 Å². The lowest BCUT2D eigenvalue weighted by Crippen LogP contribution is -2.24. The molecular formula is C9H7FN2O. The quantitative estimate of drug-likeness (QED) is 0.636. The molecule has 4 heteroatoms. The third-order valence-corrected chi connectivity index (χ3v) is 2.11. The molecule has 13 heavy (non-hydrogen) atoms. The number of likely N-dealkylation sites (N-methyl/N-ethyl adjacent to an activating group) is 1. The van der Waals surface area contributed by atoms with E-state index < -0.39 is 5.82 Å². The SMILES string of the molecule is CN1C(=O)C(=N)c2cc(F)ccc21. The van der Waals surface area contributed by atoms with Crippen molar-refractivity contribution in [3.8, 4) is 0 Å². The lowest BCUT2D eigenvalue weighted by atomic mass is 10.1. The highest BCUT2D eigenvalue weighted by molar-refractivity contribution is 6.53. The van der Waals surface area contributed by atoms with Crippen LogP contribution in [-0.4, -0.2) is 18.7 Å². The predicted molar refractivity (Wildman–Crippen MR) is 46.6 cm³/mol. The number of carbonyl (C=O) groups excluding carboxylic acids is 1. The Morgan fingerprint density at radius 1 is 1.46 bits per heavy atom. The molecule has 1 N–H and O–H groups in total.